The van der Waals surface area contributed by atoms with Crippen molar-refractivity contribution in [2.75, 3.05) is 12.4 Å². The molecule has 0 spiro atoms. The van der Waals surface area contributed by atoms with E-state index in [0.717, 1.165) is 6.42 Å². The molecule has 0 aromatic rings. The topological polar surface area (TPSA) is 26.3 Å². The summed E-state index contributed by atoms with van der Waals surface area (Å²) in [5.41, 5.74) is 0. The standard InChI is InChI=1S/C20H40O2S.Ag/c1-2-3-4-5-6-7-8-9-10-11-12-13-14-15-16-17-18-22-20(21)19-23;/h23H,2-19H2,1H3;. The van der Waals surface area contributed by atoms with Crippen LogP contribution in [0.1, 0.15) is 110 Å². The zero-order valence-electron chi connectivity index (χ0n) is 15.8. The molecule has 0 aliphatic carbocycles. The maximum Gasteiger partial charge on any atom is 0.315 e. The van der Waals surface area contributed by atoms with E-state index in [4.69, 9.17) is 4.74 Å². The molecule has 0 heterocycles. The molecule has 4 heteroatoms. The molecular weight excluding hydrogens is 412 g/mol. The van der Waals surface area contributed by atoms with Crippen LogP contribution >= 0.6 is 12.6 Å². The SMILES string of the molecule is CCCCCCCCCCCCCCCCCCOC(=O)CS.[Ag]. The van der Waals surface area contributed by atoms with Gasteiger partial charge in [-0.1, -0.05) is 103 Å². The Labute approximate surface area is 172 Å². The van der Waals surface area contributed by atoms with Crippen LogP contribution in [0.4, 0.5) is 0 Å². The van der Waals surface area contributed by atoms with Crippen LogP contribution in [0.5, 0.6) is 0 Å². The van der Waals surface area contributed by atoms with E-state index in [2.05, 4.69) is 19.6 Å². The largest absolute Gasteiger partial charge is 0.465 e. The Balaban J connectivity index is 0. The molecular formula is C20H40AgO2S. The van der Waals surface area contributed by atoms with E-state index in [1.807, 2.05) is 0 Å². The van der Waals surface area contributed by atoms with Crippen LogP contribution in [0.2, 0.25) is 0 Å². The minimum atomic E-state index is -0.200. The summed E-state index contributed by atoms with van der Waals surface area (Å²) >= 11 is 3.88. The molecule has 0 bridgehead atoms. The predicted molar refractivity (Wildman–Crippen MR) is 104 cm³/mol. The second kappa shape index (κ2) is 23.6. The molecule has 0 saturated heterocycles. The zero-order valence-corrected chi connectivity index (χ0v) is 18.2. The molecule has 0 atom stereocenters. The molecule has 0 aromatic heterocycles. The Morgan fingerprint density at radius 2 is 1.00 bits per heavy atom. The van der Waals surface area contributed by atoms with Crippen molar-refractivity contribution in [3.05, 3.63) is 0 Å². The summed E-state index contributed by atoms with van der Waals surface area (Å²) in [7, 11) is 0. The summed E-state index contributed by atoms with van der Waals surface area (Å²) in [5.74, 6) is -0.00642. The van der Waals surface area contributed by atoms with E-state index < -0.39 is 0 Å². The van der Waals surface area contributed by atoms with E-state index in [1.165, 1.54) is 96.3 Å². The maximum absolute atomic E-state index is 10.9. The number of rotatable bonds is 18. The van der Waals surface area contributed by atoms with E-state index >= 15 is 0 Å². The second-order valence-electron chi connectivity index (χ2n) is 6.68. The molecule has 0 amide bonds. The molecule has 0 unspecified atom stereocenters. The summed E-state index contributed by atoms with van der Waals surface area (Å²) < 4.78 is 4.99. The average molecular weight is 452 g/mol. The van der Waals surface area contributed by atoms with E-state index in [9.17, 15) is 4.79 Å². The first kappa shape index (κ1) is 26.8. The molecule has 0 aliphatic heterocycles. The summed E-state index contributed by atoms with van der Waals surface area (Å²) in [6.45, 7) is 2.85. The van der Waals surface area contributed by atoms with Crippen LogP contribution in [-0.2, 0) is 31.9 Å². The van der Waals surface area contributed by atoms with Crippen molar-refractivity contribution < 1.29 is 31.9 Å². The van der Waals surface area contributed by atoms with Crippen molar-refractivity contribution in [1.29, 1.82) is 0 Å². The Bertz CT molecular complexity index is 250. The Kier molecular flexibility index (Phi) is 26.3. The minimum Gasteiger partial charge on any atom is -0.465 e. The van der Waals surface area contributed by atoms with Gasteiger partial charge in [-0.25, -0.2) is 0 Å². The van der Waals surface area contributed by atoms with Crippen molar-refractivity contribution in [3.63, 3.8) is 0 Å². The van der Waals surface area contributed by atoms with Crippen molar-refractivity contribution >= 4 is 18.6 Å². The summed E-state index contributed by atoms with van der Waals surface area (Å²) in [6, 6.07) is 0. The fraction of sp³-hybridized carbons (Fsp3) is 0.950. The number of hydrogen-bond donors (Lipinski definition) is 1. The Hall–Kier alpha value is 0.560. The smallest absolute Gasteiger partial charge is 0.315 e. The van der Waals surface area contributed by atoms with E-state index in [1.54, 1.807) is 0 Å². The Morgan fingerprint density at radius 1 is 0.667 bits per heavy atom. The summed E-state index contributed by atoms with van der Waals surface area (Å²) in [5, 5.41) is 0. The molecule has 2 nitrogen and oxygen atoms in total. The van der Waals surface area contributed by atoms with Gasteiger partial charge in [0.05, 0.1) is 12.4 Å². The van der Waals surface area contributed by atoms with Gasteiger partial charge in [-0.3, -0.25) is 4.79 Å². The van der Waals surface area contributed by atoms with E-state index in [-0.39, 0.29) is 34.1 Å². The van der Waals surface area contributed by atoms with Crippen LogP contribution in [0.15, 0.2) is 0 Å². The zero-order chi connectivity index (χ0) is 17.0. The number of ether oxygens (including phenoxy) is 1. The predicted octanol–water partition coefficient (Wildman–Crippen LogP) is 6.72. The fourth-order valence-electron chi connectivity index (χ4n) is 2.88. The molecule has 0 aromatic carbocycles. The number of unbranched alkanes of at least 4 members (excludes halogenated alkanes) is 15. The van der Waals surface area contributed by atoms with Crippen LogP contribution < -0.4 is 0 Å². The number of thiol groups is 1. The van der Waals surface area contributed by atoms with Gasteiger partial charge >= 0.3 is 5.97 Å². The first-order valence-corrected chi connectivity index (χ1v) is 10.7. The van der Waals surface area contributed by atoms with Crippen LogP contribution in [0.3, 0.4) is 0 Å². The summed E-state index contributed by atoms with van der Waals surface area (Å²) in [6.07, 6.45) is 21.8. The van der Waals surface area contributed by atoms with Crippen molar-refractivity contribution in [1.82, 2.24) is 0 Å². The molecule has 24 heavy (non-hydrogen) atoms. The van der Waals surface area contributed by atoms with Crippen molar-refractivity contribution in [3.8, 4) is 0 Å². The quantitative estimate of drug-likeness (QED) is 0.108. The van der Waals surface area contributed by atoms with Gasteiger partial charge in [0.15, 0.2) is 0 Å². The van der Waals surface area contributed by atoms with E-state index in [0.29, 0.717) is 6.61 Å². The van der Waals surface area contributed by atoms with Crippen molar-refractivity contribution in [2.45, 2.75) is 110 Å². The number of carbonyl (C=O) groups is 1. The number of esters is 1. The van der Waals surface area contributed by atoms with Crippen molar-refractivity contribution in [2.24, 2.45) is 0 Å². The van der Waals surface area contributed by atoms with Gasteiger partial charge in [-0.2, -0.15) is 12.6 Å². The normalized spacial score (nSPS) is 10.4. The molecule has 0 N–H and O–H groups in total. The van der Waals surface area contributed by atoms with Gasteiger partial charge in [0.25, 0.3) is 0 Å². The third-order valence-electron chi connectivity index (χ3n) is 4.39. The van der Waals surface area contributed by atoms with Crippen LogP contribution in [-0.4, -0.2) is 18.3 Å². The first-order chi connectivity index (χ1) is 11.3. The average Bonchev–Trinajstić information content (AvgIpc) is 2.57. The molecule has 0 fully saturated rings. The third-order valence-corrected chi connectivity index (χ3v) is 4.65. The van der Waals surface area contributed by atoms with Crippen LogP contribution in [0, 0.1) is 0 Å². The molecule has 0 rings (SSSR count). The Morgan fingerprint density at radius 3 is 1.33 bits per heavy atom. The monoisotopic (exact) mass is 451 g/mol. The summed E-state index contributed by atoms with van der Waals surface area (Å²) in [4.78, 5) is 10.9. The van der Waals surface area contributed by atoms with Gasteiger partial charge in [-0.05, 0) is 6.42 Å². The van der Waals surface area contributed by atoms with Gasteiger partial charge in [0, 0.05) is 22.4 Å². The molecule has 0 aliphatic rings. The molecule has 0 saturated carbocycles. The van der Waals surface area contributed by atoms with Gasteiger partial charge in [0.1, 0.15) is 0 Å². The third kappa shape index (κ3) is 22.6. The maximum atomic E-state index is 10.9. The van der Waals surface area contributed by atoms with Crippen LogP contribution in [0.25, 0.3) is 0 Å². The molecule has 1 radical (unpaired) electrons. The number of hydrogen-bond acceptors (Lipinski definition) is 3. The first-order valence-electron chi connectivity index (χ1n) is 10.1. The minimum absolute atomic E-state index is 0. The van der Waals surface area contributed by atoms with Gasteiger partial charge < -0.3 is 4.74 Å². The molecule has 149 valence electrons. The van der Waals surface area contributed by atoms with Gasteiger partial charge in [0.2, 0.25) is 0 Å². The fourth-order valence-corrected chi connectivity index (χ4v) is 2.97. The second-order valence-corrected chi connectivity index (χ2v) is 7.00. The van der Waals surface area contributed by atoms with Gasteiger partial charge in [-0.15, -0.1) is 0 Å². The number of carbonyl (C=O) groups excluding carboxylic acids is 1.